The summed E-state index contributed by atoms with van der Waals surface area (Å²) in [7, 11) is 0. The average molecular weight is 481 g/mol. The third kappa shape index (κ3) is 7.06. The van der Waals surface area contributed by atoms with Gasteiger partial charge in [0.1, 0.15) is 11.0 Å². The number of ether oxygens (including phenoxy) is 1. The highest BCUT2D eigenvalue weighted by Gasteiger charge is 2.24. The van der Waals surface area contributed by atoms with Crippen molar-refractivity contribution in [3.05, 3.63) is 57.0 Å². The molecule has 2 rings (SSSR count). The number of hydrogen-bond donors (Lipinski definition) is 3. The topological polar surface area (TPSA) is 171 Å². The second-order valence-corrected chi connectivity index (χ2v) is 8.20. The molecule has 2 aromatic rings. The number of thioether (sulfide) groups is 1. The fraction of sp³-hybridized carbons (Fsp3) is 0.263. The van der Waals surface area contributed by atoms with Gasteiger partial charge in [-0.05, 0) is 35.9 Å². The van der Waals surface area contributed by atoms with Crippen molar-refractivity contribution in [3.8, 4) is 0 Å². The van der Waals surface area contributed by atoms with E-state index >= 15 is 0 Å². The number of amides is 3. The highest BCUT2D eigenvalue weighted by Crippen LogP contribution is 2.22. The van der Waals surface area contributed by atoms with E-state index in [1.807, 2.05) is 6.26 Å². The van der Waals surface area contributed by atoms with Gasteiger partial charge in [0.15, 0.2) is 6.61 Å². The summed E-state index contributed by atoms with van der Waals surface area (Å²) < 4.78 is 5.02. The molecule has 4 N–H and O–H groups in total. The number of carbonyl (C=O) groups excluding carboxylic acids is 4. The van der Waals surface area contributed by atoms with Crippen LogP contribution in [0.1, 0.15) is 27.1 Å². The van der Waals surface area contributed by atoms with Gasteiger partial charge in [0.05, 0.1) is 10.5 Å². The molecule has 0 saturated heterocycles. The Hall–Kier alpha value is -3.45. The number of non-ortho nitro benzene ring substituents is 1. The van der Waals surface area contributed by atoms with Crippen molar-refractivity contribution >= 4 is 57.5 Å². The van der Waals surface area contributed by atoms with Crippen LogP contribution in [0.2, 0.25) is 0 Å². The summed E-state index contributed by atoms with van der Waals surface area (Å²) in [5.74, 6) is -2.41. The molecule has 11 nitrogen and oxygen atoms in total. The zero-order valence-corrected chi connectivity index (χ0v) is 18.5. The van der Waals surface area contributed by atoms with E-state index in [1.165, 1.54) is 36.0 Å². The van der Waals surface area contributed by atoms with Crippen LogP contribution >= 0.6 is 23.1 Å². The number of benzene rings is 1. The molecule has 1 aromatic carbocycles. The molecule has 13 heteroatoms. The van der Waals surface area contributed by atoms with Gasteiger partial charge < -0.3 is 21.1 Å². The minimum absolute atomic E-state index is 0.00979. The van der Waals surface area contributed by atoms with Crippen molar-refractivity contribution in [1.82, 2.24) is 5.32 Å². The first-order valence-corrected chi connectivity index (χ1v) is 11.4. The molecular formula is C19H20N4O7S2. The van der Waals surface area contributed by atoms with Gasteiger partial charge in [-0.3, -0.25) is 24.5 Å². The summed E-state index contributed by atoms with van der Waals surface area (Å²) in [4.78, 5) is 58.6. The summed E-state index contributed by atoms with van der Waals surface area (Å²) >= 11 is 2.52. The molecule has 0 saturated carbocycles. The second kappa shape index (κ2) is 11.8. The standard InChI is InChI=1S/C19H20N4O7S2/c1-31-7-6-14(21-17(26)11-3-2-4-12(9-11)23(28)29)19(27)30-10-15(24)22-18-13(16(20)25)5-8-32-18/h2-5,8-9,14H,6-7,10H2,1H3,(H2,20,25)(H,21,26)(H,22,24). The lowest BCUT2D eigenvalue weighted by Gasteiger charge is -2.17. The Balaban J connectivity index is 1.99. The molecule has 0 fully saturated rings. The molecule has 1 unspecified atom stereocenters. The van der Waals surface area contributed by atoms with E-state index in [1.54, 1.807) is 5.38 Å². The molecule has 1 atom stereocenters. The lowest BCUT2D eigenvalue weighted by molar-refractivity contribution is -0.384. The van der Waals surface area contributed by atoms with Gasteiger partial charge in [-0.1, -0.05) is 6.07 Å². The van der Waals surface area contributed by atoms with Crippen LogP contribution in [-0.4, -0.2) is 53.3 Å². The smallest absolute Gasteiger partial charge is 0.329 e. The Morgan fingerprint density at radius 1 is 1.28 bits per heavy atom. The van der Waals surface area contributed by atoms with Crippen LogP contribution in [0.5, 0.6) is 0 Å². The number of esters is 1. The molecule has 0 radical (unpaired) electrons. The second-order valence-electron chi connectivity index (χ2n) is 6.30. The fourth-order valence-corrected chi connectivity index (χ4v) is 3.77. The predicted molar refractivity (Wildman–Crippen MR) is 120 cm³/mol. The lowest BCUT2D eigenvalue weighted by Crippen LogP contribution is -2.43. The van der Waals surface area contributed by atoms with E-state index < -0.39 is 41.3 Å². The third-order valence-electron chi connectivity index (χ3n) is 4.05. The quantitative estimate of drug-likeness (QED) is 0.248. The largest absolute Gasteiger partial charge is 0.454 e. The minimum atomic E-state index is -1.06. The average Bonchev–Trinajstić information content (AvgIpc) is 3.23. The molecule has 1 aromatic heterocycles. The number of nitrogens with one attached hydrogen (secondary N) is 2. The zero-order valence-electron chi connectivity index (χ0n) is 16.9. The van der Waals surface area contributed by atoms with Gasteiger partial charge in [0.25, 0.3) is 23.4 Å². The van der Waals surface area contributed by atoms with Crippen molar-refractivity contribution in [2.75, 3.05) is 23.9 Å². The molecule has 0 aliphatic heterocycles. The number of anilines is 1. The van der Waals surface area contributed by atoms with E-state index in [-0.39, 0.29) is 28.2 Å². The summed E-state index contributed by atoms with van der Waals surface area (Å²) in [6.45, 7) is -0.641. The number of hydrogen-bond acceptors (Lipinski definition) is 9. The van der Waals surface area contributed by atoms with Crippen LogP contribution in [-0.2, 0) is 14.3 Å². The van der Waals surface area contributed by atoms with Crippen LogP contribution in [0.4, 0.5) is 10.7 Å². The monoisotopic (exact) mass is 480 g/mol. The SMILES string of the molecule is CSCCC(NC(=O)c1cccc([N+](=O)[O-])c1)C(=O)OCC(=O)Nc1sccc1C(N)=O. The number of nitro groups is 1. The number of nitrogens with two attached hydrogens (primary N) is 1. The summed E-state index contributed by atoms with van der Waals surface area (Å²) in [5.41, 5.74) is 5.10. The van der Waals surface area contributed by atoms with Crippen molar-refractivity contribution in [2.45, 2.75) is 12.5 Å². The van der Waals surface area contributed by atoms with Gasteiger partial charge in [0, 0.05) is 17.7 Å². The molecular weight excluding hydrogens is 460 g/mol. The van der Waals surface area contributed by atoms with Gasteiger partial charge in [-0.15, -0.1) is 11.3 Å². The van der Waals surface area contributed by atoms with Crippen LogP contribution in [0.3, 0.4) is 0 Å². The highest BCUT2D eigenvalue weighted by molar-refractivity contribution is 7.98. The van der Waals surface area contributed by atoms with Gasteiger partial charge in [0.2, 0.25) is 0 Å². The number of primary amides is 1. The maximum Gasteiger partial charge on any atom is 0.329 e. The fourth-order valence-electron chi connectivity index (χ4n) is 2.49. The van der Waals surface area contributed by atoms with E-state index in [0.717, 1.165) is 17.4 Å². The number of thiophene rings is 1. The van der Waals surface area contributed by atoms with Gasteiger partial charge in [-0.25, -0.2) is 4.79 Å². The van der Waals surface area contributed by atoms with Crippen molar-refractivity contribution in [3.63, 3.8) is 0 Å². The first kappa shape index (κ1) is 24.8. The van der Waals surface area contributed by atoms with Crippen molar-refractivity contribution in [1.29, 1.82) is 0 Å². The third-order valence-corrected chi connectivity index (χ3v) is 5.52. The Morgan fingerprint density at radius 3 is 2.69 bits per heavy atom. The maximum absolute atomic E-state index is 12.5. The predicted octanol–water partition coefficient (Wildman–Crippen LogP) is 1.79. The molecule has 1 heterocycles. The van der Waals surface area contributed by atoms with E-state index in [9.17, 15) is 29.3 Å². The molecule has 0 spiro atoms. The Kier molecular flexibility index (Phi) is 9.16. The molecule has 0 bridgehead atoms. The number of carbonyl (C=O) groups is 4. The lowest BCUT2D eigenvalue weighted by atomic mass is 10.1. The molecule has 170 valence electrons. The Labute approximate surface area is 190 Å². The minimum Gasteiger partial charge on any atom is -0.454 e. The van der Waals surface area contributed by atoms with Crippen LogP contribution in [0.25, 0.3) is 0 Å². The van der Waals surface area contributed by atoms with Crippen molar-refractivity contribution < 1.29 is 28.8 Å². The Bertz CT molecular complexity index is 1020. The first-order valence-electron chi connectivity index (χ1n) is 9.11. The van der Waals surface area contributed by atoms with Gasteiger partial charge in [-0.2, -0.15) is 11.8 Å². The summed E-state index contributed by atoms with van der Waals surface area (Å²) in [6.07, 6.45) is 2.04. The van der Waals surface area contributed by atoms with E-state index in [2.05, 4.69) is 10.6 Å². The van der Waals surface area contributed by atoms with Crippen LogP contribution in [0, 0.1) is 10.1 Å². The number of rotatable bonds is 11. The molecule has 0 aliphatic rings. The zero-order chi connectivity index (χ0) is 23.7. The molecule has 0 aliphatic carbocycles. The summed E-state index contributed by atoms with van der Waals surface area (Å²) in [6, 6.07) is 5.46. The summed E-state index contributed by atoms with van der Waals surface area (Å²) in [5, 5.41) is 17.6. The number of nitrogens with zero attached hydrogens (tertiary/aromatic N) is 1. The van der Waals surface area contributed by atoms with Gasteiger partial charge >= 0.3 is 5.97 Å². The Morgan fingerprint density at radius 2 is 2.03 bits per heavy atom. The first-order chi connectivity index (χ1) is 15.2. The van der Waals surface area contributed by atoms with Crippen LogP contribution in [0.15, 0.2) is 35.7 Å². The molecule has 32 heavy (non-hydrogen) atoms. The normalized spacial score (nSPS) is 11.3. The van der Waals surface area contributed by atoms with Crippen molar-refractivity contribution in [2.24, 2.45) is 5.73 Å². The van der Waals surface area contributed by atoms with E-state index in [0.29, 0.717) is 5.75 Å². The number of nitro benzene ring substituents is 1. The maximum atomic E-state index is 12.5. The van der Waals surface area contributed by atoms with E-state index in [4.69, 9.17) is 10.5 Å². The highest BCUT2D eigenvalue weighted by atomic mass is 32.2. The van der Waals surface area contributed by atoms with Crippen LogP contribution < -0.4 is 16.4 Å². The molecule has 3 amide bonds.